The van der Waals surface area contributed by atoms with Crippen molar-refractivity contribution in [2.45, 2.75) is 12.5 Å². The number of rotatable bonds is 6. The number of halogens is 1. The molecule has 0 heterocycles. The van der Waals surface area contributed by atoms with Gasteiger partial charge in [-0.25, -0.2) is 0 Å². The van der Waals surface area contributed by atoms with Crippen molar-refractivity contribution in [3.8, 4) is 0 Å². The van der Waals surface area contributed by atoms with Gasteiger partial charge in [0.2, 0.25) is 0 Å². The number of hydrogen-bond acceptors (Lipinski definition) is 2. The largest absolute Gasteiger partial charge is 0.361 e. The molecular formula is C18H22ClN3S. The van der Waals surface area contributed by atoms with E-state index in [4.69, 9.17) is 23.8 Å². The van der Waals surface area contributed by atoms with Crippen LogP contribution in [0.15, 0.2) is 54.6 Å². The molecule has 1 atom stereocenters. The summed E-state index contributed by atoms with van der Waals surface area (Å²) in [5.74, 6) is 0. The van der Waals surface area contributed by atoms with Crippen molar-refractivity contribution in [1.29, 1.82) is 0 Å². The molecule has 0 aliphatic carbocycles. The van der Waals surface area contributed by atoms with Crippen LogP contribution < -0.4 is 10.6 Å². The van der Waals surface area contributed by atoms with Crippen LogP contribution >= 0.6 is 23.8 Å². The van der Waals surface area contributed by atoms with Gasteiger partial charge in [0.25, 0.3) is 0 Å². The fourth-order valence-electron chi connectivity index (χ4n) is 2.24. The van der Waals surface area contributed by atoms with E-state index in [1.807, 2.05) is 30.3 Å². The van der Waals surface area contributed by atoms with Gasteiger partial charge < -0.3 is 15.5 Å². The average molecular weight is 348 g/mol. The molecule has 0 radical (unpaired) electrons. The summed E-state index contributed by atoms with van der Waals surface area (Å²) in [6, 6.07) is 18.3. The van der Waals surface area contributed by atoms with Crippen LogP contribution in [0.4, 0.5) is 5.69 Å². The van der Waals surface area contributed by atoms with Crippen LogP contribution in [0.2, 0.25) is 5.02 Å². The van der Waals surface area contributed by atoms with Crippen LogP contribution in [-0.2, 0) is 6.42 Å². The summed E-state index contributed by atoms with van der Waals surface area (Å²) in [4.78, 5) is 2.21. The van der Waals surface area contributed by atoms with Gasteiger partial charge >= 0.3 is 0 Å². The molecule has 2 aromatic carbocycles. The van der Waals surface area contributed by atoms with E-state index < -0.39 is 0 Å². The molecule has 0 bridgehead atoms. The first-order chi connectivity index (χ1) is 11.0. The lowest BCUT2D eigenvalue weighted by Crippen LogP contribution is -2.42. The van der Waals surface area contributed by atoms with Crippen molar-refractivity contribution in [2.75, 3.05) is 26.0 Å². The number of benzene rings is 2. The highest BCUT2D eigenvalue weighted by Gasteiger charge is 2.12. The third kappa shape index (κ3) is 6.18. The fraction of sp³-hybridized carbons (Fsp3) is 0.278. The Morgan fingerprint density at radius 2 is 1.74 bits per heavy atom. The van der Waals surface area contributed by atoms with Crippen molar-refractivity contribution in [3.05, 3.63) is 65.2 Å². The molecule has 5 heteroatoms. The Morgan fingerprint density at radius 3 is 2.35 bits per heavy atom. The number of nitrogens with zero attached hydrogens (tertiary/aromatic N) is 1. The van der Waals surface area contributed by atoms with E-state index in [0.29, 0.717) is 16.2 Å². The molecule has 0 fully saturated rings. The molecule has 122 valence electrons. The van der Waals surface area contributed by atoms with Gasteiger partial charge in [0.15, 0.2) is 5.11 Å². The van der Waals surface area contributed by atoms with Crippen LogP contribution in [0.3, 0.4) is 0 Å². The van der Waals surface area contributed by atoms with Crippen molar-refractivity contribution < 1.29 is 0 Å². The molecule has 0 aromatic heterocycles. The van der Waals surface area contributed by atoms with Crippen LogP contribution in [-0.4, -0.2) is 36.7 Å². The highest BCUT2D eigenvalue weighted by atomic mass is 35.5. The molecule has 0 amide bonds. The lowest BCUT2D eigenvalue weighted by atomic mass is 10.1. The Labute approximate surface area is 148 Å². The molecular weight excluding hydrogens is 326 g/mol. The molecule has 3 nitrogen and oxygen atoms in total. The van der Waals surface area contributed by atoms with E-state index in [-0.39, 0.29) is 0 Å². The Morgan fingerprint density at radius 1 is 1.09 bits per heavy atom. The summed E-state index contributed by atoms with van der Waals surface area (Å²) in [6.07, 6.45) is 0.977. The van der Waals surface area contributed by atoms with Gasteiger partial charge in [-0.1, -0.05) is 41.9 Å². The van der Waals surface area contributed by atoms with E-state index >= 15 is 0 Å². The van der Waals surface area contributed by atoms with Crippen molar-refractivity contribution >= 4 is 34.6 Å². The van der Waals surface area contributed by atoms with E-state index in [1.54, 1.807) is 0 Å². The number of likely N-dealkylation sites (N-methyl/N-ethyl adjacent to an activating group) is 1. The first kappa shape index (κ1) is 17.7. The highest BCUT2D eigenvalue weighted by molar-refractivity contribution is 7.80. The minimum Gasteiger partial charge on any atom is -0.361 e. The van der Waals surface area contributed by atoms with Gasteiger partial charge in [-0.15, -0.1) is 0 Å². The predicted octanol–water partition coefficient (Wildman–Crippen LogP) is 3.80. The van der Waals surface area contributed by atoms with E-state index in [2.05, 4.69) is 53.9 Å². The molecule has 0 aliphatic rings. The number of thiocarbonyl (C=S) groups is 1. The zero-order chi connectivity index (χ0) is 16.7. The van der Waals surface area contributed by atoms with Crippen LogP contribution in [0, 0.1) is 0 Å². The van der Waals surface area contributed by atoms with Crippen LogP contribution in [0.25, 0.3) is 0 Å². The first-order valence-electron chi connectivity index (χ1n) is 7.55. The van der Waals surface area contributed by atoms with Gasteiger partial charge in [-0.05, 0) is 62.6 Å². The van der Waals surface area contributed by atoms with Crippen LogP contribution in [0.5, 0.6) is 0 Å². The topological polar surface area (TPSA) is 27.3 Å². The standard InChI is InChI=1S/C18H22ClN3S/c1-22(2)17(12-14-6-4-3-5-7-14)13-20-18(23)21-16-10-8-15(19)9-11-16/h3-11,17H,12-13H2,1-2H3,(H2,20,21,23)/t17-/m0/s1. The number of nitrogens with one attached hydrogen (secondary N) is 2. The smallest absolute Gasteiger partial charge is 0.170 e. The van der Waals surface area contributed by atoms with Gasteiger partial charge in [0.05, 0.1) is 0 Å². The van der Waals surface area contributed by atoms with Gasteiger partial charge in [-0.2, -0.15) is 0 Å². The van der Waals surface area contributed by atoms with Crippen molar-refractivity contribution in [2.24, 2.45) is 0 Å². The molecule has 0 unspecified atom stereocenters. The van der Waals surface area contributed by atoms with Crippen molar-refractivity contribution in [1.82, 2.24) is 10.2 Å². The maximum Gasteiger partial charge on any atom is 0.170 e. The van der Waals surface area contributed by atoms with E-state index in [0.717, 1.165) is 18.7 Å². The third-order valence-electron chi connectivity index (χ3n) is 3.64. The van der Waals surface area contributed by atoms with E-state index in [9.17, 15) is 0 Å². The third-order valence-corrected chi connectivity index (χ3v) is 4.14. The fourth-order valence-corrected chi connectivity index (χ4v) is 2.57. The maximum atomic E-state index is 5.88. The van der Waals surface area contributed by atoms with Gasteiger partial charge in [0.1, 0.15) is 0 Å². The minimum absolute atomic E-state index is 0.363. The first-order valence-corrected chi connectivity index (χ1v) is 8.34. The quantitative estimate of drug-likeness (QED) is 0.777. The second kappa shape index (κ2) is 8.87. The van der Waals surface area contributed by atoms with Crippen molar-refractivity contribution in [3.63, 3.8) is 0 Å². The molecule has 2 aromatic rings. The summed E-state index contributed by atoms with van der Waals surface area (Å²) < 4.78 is 0. The van der Waals surface area contributed by atoms with E-state index in [1.165, 1.54) is 5.56 Å². The lowest BCUT2D eigenvalue weighted by Gasteiger charge is -2.25. The Kier molecular flexibility index (Phi) is 6.84. The SMILES string of the molecule is CN(C)[C@H](CNC(=S)Nc1ccc(Cl)cc1)Cc1ccccc1. The summed E-state index contributed by atoms with van der Waals surface area (Å²) in [5, 5.41) is 7.79. The minimum atomic E-state index is 0.363. The Bertz CT molecular complexity index is 614. The van der Waals surface area contributed by atoms with Crippen LogP contribution in [0.1, 0.15) is 5.56 Å². The zero-order valence-corrected chi connectivity index (χ0v) is 15.0. The second-order valence-electron chi connectivity index (χ2n) is 5.65. The summed E-state index contributed by atoms with van der Waals surface area (Å²) in [7, 11) is 4.18. The predicted molar refractivity (Wildman–Crippen MR) is 103 cm³/mol. The molecule has 2 N–H and O–H groups in total. The summed E-state index contributed by atoms with van der Waals surface area (Å²) in [5.41, 5.74) is 2.25. The Balaban J connectivity index is 1.85. The molecule has 0 saturated heterocycles. The van der Waals surface area contributed by atoms with Gasteiger partial charge in [0, 0.05) is 23.3 Å². The molecule has 0 saturated carbocycles. The maximum absolute atomic E-state index is 5.88. The second-order valence-corrected chi connectivity index (χ2v) is 6.49. The number of anilines is 1. The molecule has 0 spiro atoms. The summed E-state index contributed by atoms with van der Waals surface area (Å²) >= 11 is 11.2. The lowest BCUT2D eigenvalue weighted by molar-refractivity contribution is 0.291. The molecule has 23 heavy (non-hydrogen) atoms. The summed E-state index contributed by atoms with van der Waals surface area (Å²) in [6.45, 7) is 0.779. The number of hydrogen-bond donors (Lipinski definition) is 2. The highest BCUT2D eigenvalue weighted by Crippen LogP contribution is 2.13. The Hall–Kier alpha value is -1.62. The molecule has 0 aliphatic heterocycles. The monoisotopic (exact) mass is 347 g/mol. The van der Waals surface area contributed by atoms with Gasteiger partial charge in [-0.3, -0.25) is 0 Å². The normalized spacial score (nSPS) is 12.0. The zero-order valence-electron chi connectivity index (χ0n) is 13.4. The molecule has 2 rings (SSSR count). The average Bonchev–Trinajstić information content (AvgIpc) is 2.54.